The Balaban J connectivity index is 1.77. The average molecular weight is 216 g/mol. The van der Waals surface area contributed by atoms with Gasteiger partial charge in [-0.25, -0.2) is 0 Å². The number of fused-ring (bicyclic) bond motifs is 1. The lowest BCUT2D eigenvalue weighted by Crippen LogP contribution is -2.34. The Morgan fingerprint density at radius 2 is 2.00 bits per heavy atom. The molecular weight excluding hydrogens is 196 g/mol. The normalized spacial score (nSPS) is 24.3. The van der Waals surface area contributed by atoms with Crippen molar-refractivity contribution in [2.24, 2.45) is 11.7 Å². The molecule has 2 nitrogen and oxygen atoms in total. The van der Waals surface area contributed by atoms with Gasteiger partial charge in [-0.1, -0.05) is 31.0 Å². The van der Waals surface area contributed by atoms with Gasteiger partial charge in [0.1, 0.15) is 0 Å². The molecule has 0 aromatic heterocycles. The van der Waals surface area contributed by atoms with Gasteiger partial charge < -0.3 is 10.6 Å². The van der Waals surface area contributed by atoms with Crippen LogP contribution in [0.15, 0.2) is 24.3 Å². The molecule has 1 aromatic rings. The van der Waals surface area contributed by atoms with E-state index in [1.165, 1.54) is 37.1 Å². The van der Waals surface area contributed by atoms with Crippen molar-refractivity contribution in [1.82, 2.24) is 0 Å². The van der Waals surface area contributed by atoms with Gasteiger partial charge in [-0.05, 0) is 30.4 Å². The molecule has 0 radical (unpaired) electrons. The molecule has 1 saturated carbocycles. The molecule has 1 fully saturated rings. The fourth-order valence-electron chi connectivity index (χ4n) is 2.64. The van der Waals surface area contributed by atoms with Crippen LogP contribution in [-0.4, -0.2) is 13.1 Å². The molecule has 1 aliphatic heterocycles. The smallest absolute Gasteiger partial charge is 0.0414 e. The summed E-state index contributed by atoms with van der Waals surface area (Å²) in [4.78, 5) is 2.52. The number of hydrogen-bond acceptors (Lipinski definition) is 2. The van der Waals surface area contributed by atoms with Crippen molar-refractivity contribution in [3.05, 3.63) is 29.8 Å². The lowest BCUT2D eigenvalue weighted by atomic mass is 9.97. The summed E-state index contributed by atoms with van der Waals surface area (Å²) in [7, 11) is 0. The highest BCUT2D eigenvalue weighted by atomic mass is 15.1. The van der Waals surface area contributed by atoms with Crippen molar-refractivity contribution >= 4 is 5.69 Å². The standard InChI is InChI=1S/C14H20N2/c15-13-8-10-16(9-7-11-5-6-11)14-4-2-1-3-12(13)14/h1-4,11,13H,5-10,15H2. The third-order valence-corrected chi connectivity index (χ3v) is 3.89. The molecular formula is C14H20N2. The topological polar surface area (TPSA) is 29.3 Å². The van der Waals surface area contributed by atoms with Crippen LogP contribution in [0.25, 0.3) is 0 Å². The quantitative estimate of drug-likeness (QED) is 0.841. The highest BCUT2D eigenvalue weighted by Gasteiger charge is 2.25. The van der Waals surface area contributed by atoms with E-state index in [9.17, 15) is 0 Å². The Kier molecular flexibility index (Phi) is 2.60. The molecule has 2 aliphatic rings. The minimum atomic E-state index is 0.244. The van der Waals surface area contributed by atoms with E-state index in [2.05, 4.69) is 29.2 Å². The van der Waals surface area contributed by atoms with E-state index in [1.54, 1.807) is 0 Å². The lowest BCUT2D eigenvalue weighted by Gasteiger charge is -2.34. The van der Waals surface area contributed by atoms with Crippen LogP contribution in [0.4, 0.5) is 5.69 Å². The zero-order valence-corrected chi connectivity index (χ0v) is 9.73. The molecule has 16 heavy (non-hydrogen) atoms. The maximum absolute atomic E-state index is 6.15. The van der Waals surface area contributed by atoms with Crippen LogP contribution in [0.3, 0.4) is 0 Å². The van der Waals surface area contributed by atoms with Crippen molar-refractivity contribution in [2.45, 2.75) is 31.7 Å². The van der Waals surface area contributed by atoms with Crippen LogP contribution in [0.1, 0.15) is 37.3 Å². The molecule has 1 aliphatic carbocycles. The second kappa shape index (κ2) is 4.10. The molecule has 86 valence electrons. The summed E-state index contributed by atoms with van der Waals surface area (Å²) in [5.41, 5.74) is 8.86. The van der Waals surface area contributed by atoms with Gasteiger partial charge >= 0.3 is 0 Å². The summed E-state index contributed by atoms with van der Waals surface area (Å²) in [6, 6.07) is 8.88. The van der Waals surface area contributed by atoms with Crippen molar-refractivity contribution in [1.29, 1.82) is 0 Å². The van der Waals surface area contributed by atoms with Crippen LogP contribution in [0, 0.1) is 5.92 Å². The number of benzene rings is 1. The SMILES string of the molecule is NC1CCN(CCC2CC2)c2ccccc21. The molecule has 1 aromatic carbocycles. The predicted octanol–water partition coefficient (Wildman–Crippen LogP) is 2.70. The van der Waals surface area contributed by atoms with Gasteiger partial charge in [-0.15, -0.1) is 0 Å². The molecule has 1 atom stereocenters. The van der Waals surface area contributed by atoms with E-state index in [0.717, 1.165) is 18.9 Å². The first-order chi connectivity index (χ1) is 7.84. The zero-order valence-electron chi connectivity index (χ0n) is 9.73. The van der Waals surface area contributed by atoms with Crippen molar-refractivity contribution in [3.63, 3.8) is 0 Å². The lowest BCUT2D eigenvalue weighted by molar-refractivity contribution is 0.573. The summed E-state index contributed by atoms with van der Waals surface area (Å²) < 4.78 is 0. The molecule has 3 rings (SSSR count). The first-order valence-electron chi connectivity index (χ1n) is 6.44. The summed E-state index contributed by atoms with van der Waals surface area (Å²) in [6.45, 7) is 2.35. The first kappa shape index (κ1) is 10.2. The third kappa shape index (κ3) is 1.94. The maximum Gasteiger partial charge on any atom is 0.0414 e. The molecule has 2 N–H and O–H groups in total. The predicted molar refractivity (Wildman–Crippen MR) is 67.5 cm³/mol. The summed E-state index contributed by atoms with van der Waals surface area (Å²) in [6.07, 6.45) is 5.37. The minimum Gasteiger partial charge on any atom is -0.371 e. The highest BCUT2D eigenvalue weighted by Crippen LogP contribution is 2.36. The van der Waals surface area contributed by atoms with E-state index in [0.29, 0.717) is 0 Å². The number of hydrogen-bond donors (Lipinski definition) is 1. The Bertz CT molecular complexity index is 371. The fraction of sp³-hybridized carbons (Fsp3) is 0.571. The van der Waals surface area contributed by atoms with Crippen molar-refractivity contribution in [2.75, 3.05) is 18.0 Å². The number of nitrogens with two attached hydrogens (primary N) is 1. The number of rotatable bonds is 3. The van der Waals surface area contributed by atoms with Gasteiger partial charge in [0, 0.05) is 24.8 Å². The first-order valence-corrected chi connectivity index (χ1v) is 6.44. The maximum atomic E-state index is 6.15. The highest BCUT2D eigenvalue weighted by molar-refractivity contribution is 5.56. The molecule has 0 spiro atoms. The minimum absolute atomic E-state index is 0.244. The van der Waals surface area contributed by atoms with E-state index in [4.69, 9.17) is 5.73 Å². The molecule has 0 saturated heterocycles. The van der Waals surface area contributed by atoms with Gasteiger partial charge in [0.25, 0.3) is 0 Å². The van der Waals surface area contributed by atoms with Gasteiger partial charge in [-0.2, -0.15) is 0 Å². The van der Waals surface area contributed by atoms with Gasteiger partial charge in [0.2, 0.25) is 0 Å². The summed E-state index contributed by atoms with van der Waals surface area (Å²) in [5, 5.41) is 0. The molecule has 1 unspecified atom stereocenters. The van der Waals surface area contributed by atoms with E-state index in [1.807, 2.05) is 0 Å². The monoisotopic (exact) mass is 216 g/mol. The Labute approximate surface area is 97.4 Å². The molecule has 2 heteroatoms. The van der Waals surface area contributed by atoms with E-state index < -0.39 is 0 Å². The van der Waals surface area contributed by atoms with Crippen molar-refractivity contribution in [3.8, 4) is 0 Å². The largest absolute Gasteiger partial charge is 0.371 e. The fourth-order valence-corrected chi connectivity index (χ4v) is 2.64. The summed E-state index contributed by atoms with van der Waals surface area (Å²) >= 11 is 0. The number of para-hydroxylation sites is 1. The van der Waals surface area contributed by atoms with E-state index in [-0.39, 0.29) is 6.04 Å². The molecule has 1 heterocycles. The van der Waals surface area contributed by atoms with Crippen LogP contribution >= 0.6 is 0 Å². The van der Waals surface area contributed by atoms with Crippen LogP contribution in [0.2, 0.25) is 0 Å². The second-order valence-electron chi connectivity index (χ2n) is 5.17. The molecule has 0 bridgehead atoms. The van der Waals surface area contributed by atoms with Gasteiger partial charge in [0.15, 0.2) is 0 Å². The van der Waals surface area contributed by atoms with Crippen molar-refractivity contribution < 1.29 is 0 Å². The number of anilines is 1. The van der Waals surface area contributed by atoms with Crippen LogP contribution in [0.5, 0.6) is 0 Å². The summed E-state index contributed by atoms with van der Waals surface area (Å²) in [5.74, 6) is 1.02. The average Bonchev–Trinajstić information content (AvgIpc) is 3.13. The van der Waals surface area contributed by atoms with Crippen LogP contribution < -0.4 is 10.6 Å². The van der Waals surface area contributed by atoms with Gasteiger partial charge in [0.05, 0.1) is 0 Å². The van der Waals surface area contributed by atoms with Crippen LogP contribution in [-0.2, 0) is 0 Å². The van der Waals surface area contributed by atoms with E-state index >= 15 is 0 Å². The van der Waals surface area contributed by atoms with Gasteiger partial charge in [-0.3, -0.25) is 0 Å². The Morgan fingerprint density at radius 1 is 1.19 bits per heavy atom. The Hall–Kier alpha value is -1.02. The second-order valence-corrected chi connectivity index (χ2v) is 5.17. The Morgan fingerprint density at radius 3 is 2.81 bits per heavy atom. The number of nitrogens with zero attached hydrogens (tertiary/aromatic N) is 1. The molecule has 0 amide bonds. The third-order valence-electron chi connectivity index (χ3n) is 3.89. The zero-order chi connectivity index (χ0) is 11.0.